The zero-order chi connectivity index (χ0) is 22.1. The minimum Gasteiger partial charge on any atom is -0.383 e. The highest BCUT2D eigenvalue weighted by molar-refractivity contribution is 7.17. The number of rotatable bonds is 4. The van der Waals surface area contributed by atoms with Crippen LogP contribution in [0.2, 0.25) is 0 Å². The van der Waals surface area contributed by atoms with Gasteiger partial charge in [-0.05, 0) is 48.0 Å². The zero-order valence-electron chi connectivity index (χ0n) is 17.0. The van der Waals surface area contributed by atoms with Crippen molar-refractivity contribution in [2.75, 3.05) is 4.90 Å². The maximum atomic E-state index is 12.8. The maximum absolute atomic E-state index is 12.8. The number of benzene rings is 3. The topological polar surface area (TPSA) is 64.3 Å². The van der Waals surface area contributed by atoms with Gasteiger partial charge in [0.25, 0.3) is 0 Å². The molecule has 1 aromatic heterocycles. The Hall–Kier alpha value is -3.98. The Morgan fingerprint density at radius 2 is 1.62 bits per heavy atom. The largest absolute Gasteiger partial charge is 0.383 e. The van der Waals surface area contributed by atoms with Gasteiger partial charge in [-0.1, -0.05) is 54.6 Å². The number of hydrogen-bond donors (Lipinski definition) is 1. The van der Waals surface area contributed by atoms with Crippen LogP contribution >= 0.6 is 11.3 Å². The summed E-state index contributed by atoms with van der Waals surface area (Å²) in [5.41, 5.74) is 3.86. The Morgan fingerprint density at radius 1 is 0.906 bits per heavy atom. The van der Waals surface area contributed by atoms with Crippen molar-refractivity contribution in [3.05, 3.63) is 118 Å². The van der Waals surface area contributed by atoms with Gasteiger partial charge in [-0.25, -0.2) is 0 Å². The van der Waals surface area contributed by atoms with Crippen molar-refractivity contribution in [2.45, 2.75) is 6.10 Å². The van der Waals surface area contributed by atoms with Gasteiger partial charge in [0, 0.05) is 21.7 Å². The fraction of sp³-hybridized carbons (Fsp3) is 0.0370. The number of aliphatic hydroxyl groups is 1. The highest BCUT2D eigenvalue weighted by Gasteiger charge is 2.32. The number of nitriles is 1. The normalized spacial score (nSPS) is 16.1. The van der Waals surface area contributed by atoms with Crippen LogP contribution < -0.4 is 4.90 Å². The van der Waals surface area contributed by atoms with E-state index in [1.54, 1.807) is 30.3 Å². The van der Waals surface area contributed by atoms with Crippen LogP contribution in [0.5, 0.6) is 0 Å². The molecular weight excluding hydrogens is 416 g/mol. The molecule has 0 bridgehead atoms. The van der Waals surface area contributed by atoms with Gasteiger partial charge >= 0.3 is 0 Å². The zero-order valence-corrected chi connectivity index (χ0v) is 17.8. The lowest BCUT2D eigenvalue weighted by Crippen LogP contribution is -2.09. The van der Waals surface area contributed by atoms with Crippen molar-refractivity contribution >= 4 is 39.6 Å². The van der Waals surface area contributed by atoms with E-state index in [9.17, 15) is 15.2 Å². The summed E-state index contributed by atoms with van der Waals surface area (Å²) in [5.74, 6) is -0.141. The molecule has 0 saturated carbocycles. The lowest BCUT2D eigenvalue weighted by atomic mass is 10.1. The Morgan fingerprint density at radius 3 is 2.41 bits per heavy atom. The van der Waals surface area contributed by atoms with E-state index < -0.39 is 6.10 Å². The van der Waals surface area contributed by atoms with Crippen molar-refractivity contribution < 1.29 is 9.90 Å². The van der Waals surface area contributed by atoms with Crippen LogP contribution in [0.3, 0.4) is 0 Å². The second kappa shape index (κ2) is 8.27. The Labute approximate surface area is 189 Å². The van der Waals surface area contributed by atoms with Crippen molar-refractivity contribution in [1.29, 1.82) is 5.26 Å². The van der Waals surface area contributed by atoms with Crippen LogP contribution in [-0.4, -0.2) is 10.9 Å². The lowest BCUT2D eigenvalue weighted by Gasteiger charge is -2.24. The second-order valence-electron chi connectivity index (χ2n) is 7.39. The summed E-state index contributed by atoms with van der Waals surface area (Å²) in [5, 5.41) is 21.2. The van der Waals surface area contributed by atoms with Crippen LogP contribution in [-0.2, 0) is 0 Å². The predicted molar refractivity (Wildman–Crippen MR) is 127 cm³/mol. The Balaban J connectivity index is 1.57. The molecule has 0 radical (unpaired) electrons. The molecule has 1 N–H and O–H groups in total. The summed E-state index contributed by atoms with van der Waals surface area (Å²) in [6.45, 7) is 0. The Bertz CT molecular complexity index is 1380. The first kappa shape index (κ1) is 20.0. The van der Waals surface area contributed by atoms with Crippen LogP contribution in [0.15, 0.2) is 96.6 Å². The summed E-state index contributed by atoms with van der Waals surface area (Å²) in [4.78, 5) is 15.7. The summed E-state index contributed by atoms with van der Waals surface area (Å²) in [6.07, 6.45) is 0.842. The highest BCUT2D eigenvalue weighted by Crippen LogP contribution is 2.42. The fourth-order valence-corrected chi connectivity index (χ4v) is 4.95. The Kier molecular flexibility index (Phi) is 5.16. The van der Waals surface area contributed by atoms with Crippen LogP contribution in [0, 0.1) is 11.3 Å². The molecule has 1 unspecified atom stereocenters. The number of anilines is 3. The van der Waals surface area contributed by atoms with E-state index in [1.807, 2.05) is 71.6 Å². The molecule has 0 saturated heterocycles. The molecule has 1 aliphatic carbocycles. The van der Waals surface area contributed by atoms with E-state index in [2.05, 4.69) is 6.07 Å². The number of carbonyl (C=O) groups excluding carboxylic acids is 1. The number of ketones is 1. The third-order valence-corrected chi connectivity index (χ3v) is 6.48. The first-order valence-corrected chi connectivity index (χ1v) is 11.0. The van der Waals surface area contributed by atoms with Crippen LogP contribution in [0.4, 0.5) is 16.4 Å². The van der Waals surface area contributed by atoms with Gasteiger partial charge in [-0.3, -0.25) is 4.79 Å². The summed E-state index contributed by atoms with van der Waals surface area (Å²) < 4.78 is 0. The summed E-state index contributed by atoms with van der Waals surface area (Å²) >= 11 is 1.50. The molecule has 5 heteroatoms. The van der Waals surface area contributed by atoms with Crippen molar-refractivity contribution in [2.24, 2.45) is 0 Å². The van der Waals surface area contributed by atoms with Gasteiger partial charge in [0.2, 0.25) is 0 Å². The first-order valence-electron chi connectivity index (χ1n) is 10.1. The molecule has 32 heavy (non-hydrogen) atoms. The molecule has 0 aliphatic heterocycles. The predicted octanol–water partition coefficient (Wildman–Crippen LogP) is 6.40. The number of carbonyl (C=O) groups is 1. The second-order valence-corrected chi connectivity index (χ2v) is 8.49. The van der Waals surface area contributed by atoms with Gasteiger partial charge in [0.15, 0.2) is 5.78 Å². The highest BCUT2D eigenvalue weighted by atomic mass is 32.1. The molecule has 5 rings (SSSR count). The van der Waals surface area contributed by atoms with E-state index in [1.165, 1.54) is 11.3 Å². The van der Waals surface area contributed by atoms with Gasteiger partial charge in [-0.15, -0.1) is 11.3 Å². The van der Waals surface area contributed by atoms with E-state index in [0.717, 1.165) is 21.3 Å². The summed E-state index contributed by atoms with van der Waals surface area (Å²) in [7, 11) is 0. The van der Waals surface area contributed by atoms with E-state index >= 15 is 0 Å². The van der Waals surface area contributed by atoms with E-state index in [-0.39, 0.29) is 5.78 Å². The van der Waals surface area contributed by atoms with E-state index in [4.69, 9.17) is 0 Å². The fourth-order valence-electron chi connectivity index (χ4n) is 3.95. The molecule has 154 valence electrons. The first-order chi connectivity index (χ1) is 15.7. The SMILES string of the molecule is N#Cc1ccccc1N(c1ccccc1)c1ccc(/C=C2/C(=O)c3ccccc3C2O)s1. The number of nitrogens with zero attached hydrogens (tertiary/aromatic N) is 2. The van der Waals surface area contributed by atoms with Crippen LogP contribution in [0.25, 0.3) is 6.08 Å². The molecule has 1 heterocycles. The molecular formula is C27H18N2O2S. The quantitative estimate of drug-likeness (QED) is 0.377. The standard InChI is InChI=1S/C27H18N2O2S/c28-17-18-8-4-7-13-24(18)29(19-9-2-1-3-10-19)25-15-14-20(32-25)16-23-26(30)21-11-5-6-12-22(21)27(23)31/h1-16,26,30H/b23-16+. The van der Waals surface area contributed by atoms with Crippen molar-refractivity contribution in [1.82, 2.24) is 0 Å². The van der Waals surface area contributed by atoms with Gasteiger partial charge in [-0.2, -0.15) is 5.26 Å². The number of fused-ring (bicyclic) bond motifs is 1. The monoisotopic (exact) mass is 434 g/mol. The number of hydrogen-bond acceptors (Lipinski definition) is 5. The number of Topliss-reactive ketones (excluding diaryl/α,β-unsaturated/α-hetero) is 1. The number of para-hydroxylation sites is 2. The molecule has 1 aliphatic rings. The lowest BCUT2D eigenvalue weighted by molar-refractivity contribution is 0.102. The van der Waals surface area contributed by atoms with Crippen molar-refractivity contribution in [3.8, 4) is 6.07 Å². The maximum Gasteiger partial charge on any atom is 0.192 e. The van der Waals surface area contributed by atoms with E-state index in [0.29, 0.717) is 22.3 Å². The molecule has 3 aromatic carbocycles. The molecule has 0 spiro atoms. The molecule has 1 atom stereocenters. The minimum absolute atomic E-state index is 0.141. The van der Waals surface area contributed by atoms with Crippen LogP contribution in [0.1, 0.15) is 32.5 Å². The van der Waals surface area contributed by atoms with Crippen molar-refractivity contribution in [3.63, 3.8) is 0 Å². The average Bonchev–Trinajstić information content (AvgIpc) is 3.39. The van der Waals surface area contributed by atoms with Gasteiger partial charge < -0.3 is 10.0 Å². The molecule has 4 aromatic rings. The number of thiophene rings is 1. The van der Waals surface area contributed by atoms with Gasteiger partial charge in [0.1, 0.15) is 17.2 Å². The van der Waals surface area contributed by atoms with Gasteiger partial charge in [0.05, 0.1) is 11.3 Å². The number of aliphatic hydroxyl groups excluding tert-OH is 1. The molecule has 4 nitrogen and oxygen atoms in total. The molecule has 0 amide bonds. The smallest absolute Gasteiger partial charge is 0.192 e. The average molecular weight is 435 g/mol. The minimum atomic E-state index is -0.922. The third-order valence-electron chi connectivity index (χ3n) is 5.47. The summed E-state index contributed by atoms with van der Waals surface area (Å²) in [6, 6.07) is 30.7. The third kappa shape index (κ3) is 3.42. The molecule has 0 fully saturated rings.